The third-order valence-electron chi connectivity index (χ3n) is 3.56. The van der Waals surface area contributed by atoms with Crippen molar-refractivity contribution in [1.82, 2.24) is 10.2 Å². The van der Waals surface area contributed by atoms with Crippen LogP contribution in [0.3, 0.4) is 0 Å². The highest BCUT2D eigenvalue weighted by Crippen LogP contribution is 2.17. The van der Waals surface area contributed by atoms with Crippen LogP contribution < -0.4 is 5.32 Å². The minimum atomic E-state index is -0.0677. The number of halogens is 1. The molecule has 1 aliphatic heterocycles. The molecular formula is C15H21ClN2O. The number of hydrogen-bond acceptors (Lipinski definition) is 2. The molecular weight excluding hydrogens is 260 g/mol. The zero-order valence-corrected chi connectivity index (χ0v) is 11.9. The van der Waals surface area contributed by atoms with Gasteiger partial charge in [0, 0.05) is 19.6 Å². The summed E-state index contributed by atoms with van der Waals surface area (Å²) in [4.78, 5) is 13.6. The third kappa shape index (κ3) is 4.84. The van der Waals surface area contributed by atoms with E-state index in [1.807, 2.05) is 6.07 Å². The van der Waals surface area contributed by atoms with E-state index in [0.29, 0.717) is 5.92 Å². The van der Waals surface area contributed by atoms with Gasteiger partial charge in [0.2, 0.25) is 5.91 Å². The zero-order chi connectivity index (χ0) is 13.5. The number of carbonyl (C=O) groups excluding carboxylic acids is 1. The second-order valence-corrected chi connectivity index (χ2v) is 5.43. The summed E-state index contributed by atoms with van der Waals surface area (Å²) in [5, 5.41) is 2.89. The summed E-state index contributed by atoms with van der Waals surface area (Å²) in [6, 6.07) is 10.5. The summed E-state index contributed by atoms with van der Waals surface area (Å²) < 4.78 is 0. The van der Waals surface area contributed by atoms with Gasteiger partial charge in [-0.05, 0) is 30.9 Å². The van der Waals surface area contributed by atoms with Crippen LogP contribution in [0.2, 0.25) is 0 Å². The molecule has 1 atom stereocenters. The van der Waals surface area contributed by atoms with Crippen molar-refractivity contribution in [2.75, 3.05) is 25.5 Å². The Morgan fingerprint density at radius 3 is 2.89 bits per heavy atom. The smallest absolute Gasteiger partial charge is 0.234 e. The Balaban J connectivity index is 1.79. The van der Waals surface area contributed by atoms with E-state index in [4.69, 9.17) is 11.6 Å². The van der Waals surface area contributed by atoms with E-state index in [1.165, 1.54) is 18.4 Å². The van der Waals surface area contributed by atoms with Gasteiger partial charge in [-0.1, -0.05) is 30.3 Å². The highest BCUT2D eigenvalue weighted by atomic mass is 35.5. The van der Waals surface area contributed by atoms with Gasteiger partial charge in [-0.2, -0.15) is 0 Å². The fourth-order valence-corrected chi connectivity index (χ4v) is 2.70. The van der Waals surface area contributed by atoms with Crippen LogP contribution in [0.1, 0.15) is 18.4 Å². The first-order chi connectivity index (χ1) is 9.28. The fraction of sp³-hybridized carbons (Fsp3) is 0.533. The number of rotatable bonds is 5. The van der Waals surface area contributed by atoms with Crippen molar-refractivity contribution >= 4 is 17.5 Å². The number of piperidine rings is 1. The Hall–Kier alpha value is -1.06. The molecule has 1 aromatic rings. The summed E-state index contributed by atoms with van der Waals surface area (Å²) in [5.74, 6) is 0.534. The van der Waals surface area contributed by atoms with Gasteiger partial charge in [-0.3, -0.25) is 9.69 Å². The van der Waals surface area contributed by atoms with Gasteiger partial charge in [0.1, 0.15) is 5.88 Å². The minimum Gasteiger partial charge on any atom is -0.355 e. The van der Waals surface area contributed by atoms with E-state index >= 15 is 0 Å². The molecule has 0 spiro atoms. The Morgan fingerprint density at radius 2 is 2.16 bits per heavy atom. The summed E-state index contributed by atoms with van der Waals surface area (Å²) in [5.41, 5.74) is 1.35. The monoisotopic (exact) mass is 280 g/mol. The van der Waals surface area contributed by atoms with E-state index < -0.39 is 0 Å². The summed E-state index contributed by atoms with van der Waals surface area (Å²) in [6.45, 7) is 3.95. The van der Waals surface area contributed by atoms with Crippen molar-refractivity contribution in [2.45, 2.75) is 19.4 Å². The Bertz CT molecular complexity index is 396. The SMILES string of the molecule is O=C(CCl)NCC1CCCN(Cc2ccccc2)C1. The first-order valence-corrected chi connectivity index (χ1v) is 7.40. The average molecular weight is 281 g/mol. The Kier molecular flexibility index (Phi) is 5.67. The molecule has 0 aromatic heterocycles. The lowest BCUT2D eigenvalue weighted by Gasteiger charge is -2.32. The van der Waals surface area contributed by atoms with Crippen LogP contribution in [0.5, 0.6) is 0 Å². The largest absolute Gasteiger partial charge is 0.355 e. The van der Waals surface area contributed by atoms with Gasteiger partial charge in [0.25, 0.3) is 0 Å². The second-order valence-electron chi connectivity index (χ2n) is 5.17. The molecule has 0 saturated carbocycles. The van der Waals surface area contributed by atoms with E-state index in [-0.39, 0.29) is 11.8 Å². The van der Waals surface area contributed by atoms with Crippen LogP contribution in [0.4, 0.5) is 0 Å². The van der Waals surface area contributed by atoms with Crippen LogP contribution in [-0.2, 0) is 11.3 Å². The number of nitrogens with zero attached hydrogens (tertiary/aromatic N) is 1. The van der Waals surface area contributed by atoms with Crippen molar-refractivity contribution in [2.24, 2.45) is 5.92 Å². The fourth-order valence-electron chi connectivity index (χ4n) is 2.61. The number of alkyl halides is 1. The van der Waals surface area contributed by atoms with Crippen molar-refractivity contribution in [3.63, 3.8) is 0 Å². The van der Waals surface area contributed by atoms with Gasteiger partial charge in [-0.15, -0.1) is 11.6 Å². The lowest BCUT2D eigenvalue weighted by atomic mass is 9.97. The number of amides is 1. The maximum atomic E-state index is 11.2. The number of hydrogen-bond donors (Lipinski definition) is 1. The van der Waals surface area contributed by atoms with Crippen LogP contribution >= 0.6 is 11.6 Å². The molecule has 1 fully saturated rings. The quantitative estimate of drug-likeness (QED) is 0.839. The molecule has 19 heavy (non-hydrogen) atoms. The first kappa shape index (κ1) is 14.4. The molecule has 4 heteroatoms. The maximum absolute atomic E-state index is 11.2. The van der Waals surface area contributed by atoms with Crippen LogP contribution in [-0.4, -0.2) is 36.3 Å². The molecule has 0 aliphatic carbocycles. The van der Waals surface area contributed by atoms with Crippen molar-refractivity contribution < 1.29 is 4.79 Å². The standard InChI is InChI=1S/C15H21ClN2O/c16-9-15(19)17-10-14-7-4-8-18(12-14)11-13-5-2-1-3-6-13/h1-3,5-6,14H,4,7-12H2,(H,17,19). The van der Waals surface area contributed by atoms with Crippen molar-refractivity contribution in [3.8, 4) is 0 Å². The van der Waals surface area contributed by atoms with Gasteiger partial charge >= 0.3 is 0 Å². The first-order valence-electron chi connectivity index (χ1n) is 6.87. The van der Waals surface area contributed by atoms with Crippen molar-refractivity contribution in [1.29, 1.82) is 0 Å². The molecule has 1 unspecified atom stereocenters. The summed E-state index contributed by atoms with van der Waals surface area (Å²) >= 11 is 5.48. The Morgan fingerprint density at radius 1 is 1.37 bits per heavy atom. The summed E-state index contributed by atoms with van der Waals surface area (Å²) in [6.07, 6.45) is 2.39. The zero-order valence-electron chi connectivity index (χ0n) is 11.1. The molecule has 1 amide bonds. The lowest BCUT2D eigenvalue weighted by molar-refractivity contribution is -0.118. The average Bonchev–Trinajstić information content (AvgIpc) is 2.46. The minimum absolute atomic E-state index is 0.0560. The topological polar surface area (TPSA) is 32.3 Å². The second kappa shape index (κ2) is 7.51. The number of likely N-dealkylation sites (tertiary alicyclic amines) is 1. The number of benzene rings is 1. The highest BCUT2D eigenvalue weighted by molar-refractivity contribution is 6.27. The van der Waals surface area contributed by atoms with E-state index in [0.717, 1.165) is 26.2 Å². The van der Waals surface area contributed by atoms with Gasteiger partial charge in [0.15, 0.2) is 0 Å². The molecule has 0 bridgehead atoms. The molecule has 1 aliphatic rings. The lowest BCUT2D eigenvalue weighted by Crippen LogP contribution is -2.40. The number of nitrogens with one attached hydrogen (secondary N) is 1. The highest BCUT2D eigenvalue weighted by Gasteiger charge is 2.20. The van der Waals surface area contributed by atoms with Gasteiger partial charge in [0.05, 0.1) is 0 Å². The molecule has 1 N–H and O–H groups in total. The van der Waals surface area contributed by atoms with E-state index in [1.54, 1.807) is 0 Å². The van der Waals surface area contributed by atoms with Crippen LogP contribution in [0.25, 0.3) is 0 Å². The molecule has 1 saturated heterocycles. The molecule has 2 rings (SSSR count). The molecule has 1 aromatic carbocycles. The normalized spacial score (nSPS) is 20.2. The summed E-state index contributed by atoms with van der Waals surface area (Å²) in [7, 11) is 0. The molecule has 1 heterocycles. The predicted molar refractivity (Wildman–Crippen MR) is 78.2 cm³/mol. The molecule has 3 nitrogen and oxygen atoms in total. The van der Waals surface area contributed by atoms with Crippen LogP contribution in [0.15, 0.2) is 30.3 Å². The third-order valence-corrected chi connectivity index (χ3v) is 3.80. The molecule has 104 valence electrons. The van der Waals surface area contributed by atoms with Crippen LogP contribution in [0, 0.1) is 5.92 Å². The number of carbonyl (C=O) groups is 1. The predicted octanol–water partition coefficient (Wildman–Crippen LogP) is 2.25. The van der Waals surface area contributed by atoms with E-state index in [9.17, 15) is 4.79 Å². The van der Waals surface area contributed by atoms with E-state index in [2.05, 4.69) is 34.5 Å². The van der Waals surface area contributed by atoms with Crippen molar-refractivity contribution in [3.05, 3.63) is 35.9 Å². The maximum Gasteiger partial charge on any atom is 0.234 e. The molecule has 0 radical (unpaired) electrons. The van der Waals surface area contributed by atoms with Gasteiger partial charge in [-0.25, -0.2) is 0 Å². The Labute approximate surface area is 119 Å². The van der Waals surface area contributed by atoms with Gasteiger partial charge < -0.3 is 5.32 Å².